The summed E-state index contributed by atoms with van der Waals surface area (Å²) in [7, 11) is 0. The van der Waals surface area contributed by atoms with Crippen molar-refractivity contribution in [2.75, 3.05) is 17.2 Å². The molecule has 1 fully saturated rings. The molecule has 1 aromatic heterocycles. The quantitative estimate of drug-likeness (QED) is 0.739. The van der Waals surface area contributed by atoms with Gasteiger partial charge >= 0.3 is 0 Å². The number of aromatic nitrogens is 2. The van der Waals surface area contributed by atoms with Crippen molar-refractivity contribution in [3.05, 3.63) is 41.1 Å². The third-order valence-corrected chi connectivity index (χ3v) is 5.98. The van der Waals surface area contributed by atoms with Crippen molar-refractivity contribution < 1.29 is 14.4 Å². The van der Waals surface area contributed by atoms with Gasteiger partial charge in [-0.15, -0.1) is 0 Å². The van der Waals surface area contributed by atoms with Crippen LogP contribution in [0.1, 0.15) is 40.7 Å². The molecule has 9 nitrogen and oxygen atoms in total. The average molecular weight is 394 g/mol. The first-order valence-corrected chi connectivity index (χ1v) is 9.84. The zero-order chi connectivity index (χ0) is 20.1. The predicted molar refractivity (Wildman–Crippen MR) is 105 cm³/mol. The Morgan fingerprint density at radius 3 is 2.90 bits per heavy atom. The van der Waals surface area contributed by atoms with Gasteiger partial charge in [-0.2, -0.15) is 5.10 Å². The van der Waals surface area contributed by atoms with E-state index in [0.717, 1.165) is 36.5 Å². The second-order valence-corrected chi connectivity index (χ2v) is 7.76. The van der Waals surface area contributed by atoms with Gasteiger partial charge in [0, 0.05) is 38.2 Å². The van der Waals surface area contributed by atoms with E-state index in [4.69, 9.17) is 5.73 Å². The lowest BCUT2D eigenvalue weighted by Crippen LogP contribution is -2.52. The molecule has 150 valence electrons. The van der Waals surface area contributed by atoms with Crippen molar-refractivity contribution in [1.82, 2.24) is 20.0 Å². The maximum atomic E-state index is 13.0. The smallest absolute Gasteiger partial charge is 0.255 e. The topological polar surface area (TPSA) is 114 Å². The lowest BCUT2D eigenvalue weighted by atomic mass is 10.0. The van der Waals surface area contributed by atoms with Gasteiger partial charge in [0.15, 0.2) is 5.82 Å². The summed E-state index contributed by atoms with van der Waals surface area (Å²) in [6.07, 6.45) is 3.27. The van der Waals surface area contributed by atoms with E-state index >= 15 is 0 Å². The Kier molecular flexibility index (Phi) is 4.04. The number of piperidine rings is 1. The number of hydrogen-bond donors (Lipinski definition) is 2. The van der Waals surface area contributed by atoms with Crippen LogP contribution in [0.25, 0.3) is 0 Å². The molecular weight excluding hydrogens is 372 g/mol. The van der Waals surface area contributed by atoms with Crippen LogP contribution in [0.5, 0.6) is 0 Å². The summed E-state index contributed by atoms with van der Waals surface area (Å²) < 4.78 is 1.92. The molecule has 1 aromatic carbocycles. The van der Waals surface area contributed by atoms with Gasteiger partial charge in [-0.3, -0.25) is 19.7 Å². The molecule has 4 heterocycles. The van der Waals surface area contributed by atoms with Crippen molar-refractivity contribution in [3.8, 4) is 0 Å². The Labute approximate surface area is 167 Å². The van der Waals surface area contributed by atoms with Gasteiger partial charge in [0.25, 0.3) is 5.91 Å². The number of anilines is 2. The van der Waals surface area contributed by atoms with Crippen molar-refractivity contribution >= 4 is 29.2 Å². The first-order chi connectivity index (χ1) is 14.0. The standard InChI is InChI=1S/C20H22N6O3/c21-15-9-22-26-8-2-7-24(19(15)26)10-12-3-1-4-13-14(12)11-25(20(13)29)16-5-6-17(27)23-18(16)28/h1,3-4,9,16H,2,5-8,10-11,21H2,(H,23,27,28). The van der Waals surface area contributed by atoms with Crippen LogP contribution in [-0.4, -0.2) is 45.0 Å². The minimum atomic E-state index is -0.604. The summed E-state index contributed by atoms with van der Waals surface area (Å²) in [6, 6.07) is 5.10. The zero-order valence-electron chi connectivity index (χ0n) is 15.9. The minimum Gasteiger partial charge on any atom is -0.394 e. The highest BCUT2D eigenvalue weighted by molar-refractivity contribution is 6.05. The number of nitrogens with one attached hydrogen (secondary N) is 1. The third-order valence-electron chi connectivity index (χ3n) is 5.98. The number of aryl methyl sites for hydroxylation is 1. The lowest BCUT2D eigenvalue weighted by molar-refractivity contribution is -0.136. The molecule has 3 aliphatic rings. The molecule has 9 heteroatoms. The molecule has 3 amide bonds. The van der Waals surface area contributed by atoms with Crippen LogP contribution >= 0.6 is 0 Å². The van der Waals surface area contributed by atoms with E-state index in [1.165, 1.54) is 0 Å². The van der Waals surface area contributed by atoms with Crippen LogP contribution < -0.4 is 16.0 Å². The number of carbonyl (C=O) groups excluding carboxylic acids is 3. The minimum absolute atomic E-state index is 0.153. The maximum absolute atomic E-state index is 13.0. The van der Waals surface area contributed by atoms with E-state index in [1.807, 2.05) is 22.9 Å². The molecule has 29 heavy (non-hydrogen) atoms. The van der Waals surface area contributed by atoms with E-state index < -0.39 is 11.9 Å². The second-order valence-electron chi connectivity index (χ2n) is 7.76. The number of rotatable bonds is 3. The SMILES string of the molecule is Nc1cnn2c1N(Cc1cccc3c1CN(C1CCC(=O)NC1=O)C3=O)CCC2. The number of nitrogen functional groups attached to an aromatic ring is 1. The predicted octanol–water partition coefficient (Wildman–Crippen LogP) is 0.637. The Morgan fingerprint density at radius 1 is 1.21 bits per heavy atom. The number of benzene rings is 1. The van der Waals surface area contributed by atoms with Gasteiger partial charge < -0.3 is 15.5 Å². The molecular formula is C20H22N6O3. The van der Waals surface area contributed by atoms with Crippen LogP contribution in [0.2, 0.25) is 0 Å². The van der Waals surface area contributed by atoms with Crippen LogP contribution in [0.3, 0.4) is 0 Å². The van der Waals surface area contributed by atoms with E-state index in [9.17, 15) is 14.4 Å². The summed E-state index contributed by atoms with van der Waals surface area (Å²) in [4.78, 5) is 40.5. The summed E-state index contributed by atoms with van der Waals surface area (Å²) in [6.45, 7) is 2.71. The van der Waals surface area contributed by atoms with Crippen LogP contribution in [0.4, 0.5) is 11.5 Å². The summed E-state index contributed by atoms with van der Waals surface area (Å²) in [5.74, 6) is 0.0896. The largest absolute Gasteiger partial charge is 0.394 e. The molecule has 0 saturated carbocycles. The molecule has 3 aliphatic heterocycles. The van der Waals surface area contributed by atoms with Crippen LogP contribution in [0, 0.1) is 0 Å². The highest BCUT2D eigenvalue weighted by atomic mass is 16.2. The fourth-order valence-corrected chi connectivity index (χ4v) is 4.58. The Hall–Kier alpha value is -3.36. The number of carbonyl (C=O) groups is 3. The fraction of sp³-hybridized carbons (Fsp3) is 0.400. The van der Waals surface area contributed by atoms with Gasteiger partial charge in [-0.1, -0.05) is 12.1 Å². The van der Waals surface area contributed by atoms with Crippen molar-refractivity contribution in [3.63, 3.8) is 0 Å². The van der Waals surface area contributed by atoms with E-state index in [2.05, 4.69) is 15.3 Å². The monoisotopic (exact) mass is 394 g/mol. The highest BCUT2D eigenvalue weighted by Crippen LogP contribution is 2.33. The second kappa shape index (κ2) is 6.61. The van der Waals surface area contributed by atoms with Crippen molar-refractivity contribution in [2.24, 2.45) is 0 Å². The Morgan fingerprint density at radius 2 is 2.07 bits per heavy atom. The highest BCUT2D eigenvalue weighted by Gasteiger charge is 2.40. The Balaban J connectivity index is 1.43. The normalized spacial score (nSPS) is 21.2. The molecule has 3 N–H and O–H groups in total. The van der Waals surface area contributed by atoms with Crippen LogP contribution in [-0.2, 0) is 29.2 Å². The average Bonchev–Trinajstić information content (AvgIpc) is 3.24. The molecule has 2 aromatic rings. The third kappa shape index (κ3) is 2.84. The fourth-order valence-electron chi connectivity index (χ4n) is 4.58. The number of amides is 3. The van der Waals surface area contributed by atoms with E-state index in [1.54, 1.807) is 11.1 Å². The van der Waals surface area contributed by atoms with Gasteiger partial charge in [-0.25, -0.2) is 4.68 Å². The molecule has 1 saturated heterocycles. The molecule has 0 radical (unpaired) electrons. The summed E-state index contributed by atoms with van der Waals surface area (Å²) >= 11 is 0. The molecule has 1 unspecified atom stereocenters. The summed E-state index contributed by atoms with van der Waals surface area (Å²) in [5, 5.41) is 6.68. The van der Waals surface area contributed by atoms with Gasteiger partial charge in [0.2, 0.25) is 11.8 Å². The van der Waals surface area contributed by atoms with Crippen LogP contribution in [0.15, 0.2) is 24.4 Å². The first kappa shape index (κ1) is 17.7. The van der Waals surface area contributed by atoms with Gasteiger partial charge in [0.1, 0.15) is 6.04 Å². The van der Waals surface area contributed by atoms with Gasteiger partial charge in [0.05, 0.1) is 11.9 Å². The Bertz CT molecular complexity index is 1030. The van der Waals surface area contributed by atoms with E-state index in [0.29, 0.717) is 30.8 Å². The molecule has 1 atom stereocenters. The van der Waals surface area contributed by atoms with Crippen molar-refractivity contribution in [1.29, 1.82) is 0 Å². The van der Waals surface area contributed by atoms with Crippen molar-refractivity contribution in [2.45, 2.75) is 44.9 Å². The number of nitrogens with two attached hydrogens (primary N) is 1. The van der Waals surface area contributed by atoms with Gasteiger partial charge in [-0.05, 0) is 30.0 Å². The first-order valence-electron chi connectivity index (χ1n) is 9.84. The lowest BCUT2D eigenvalue weighted by Gasteiger charge is -2.31. The summed E-state index contributed by atoms with van der Waals surface area (Å²) in [5.41, 5.74) is 9.39. The zero-order valence-corrected chi connectivity index (χ0v) is 15.9. The number of nitrogens with zero attached hydrogens (tertiary/aromatic N) is 4. The van der Waals surface area contributed by atoms with E-state index in [-0.39, 0.29) is 18.2 Å². The molecule has 0 spiro atoms. The number of imide groups is 1. The maximum Gasteiger partial charge on any atom is 0.255 e. The number of hydrogen-bond acceptors (Lipinski definition) is 6. The molecule has 5 rings (SSSR count). The number of fused-ring (bicyclic) bond motifs is 2. The molecule has 0 bridgehead atoms. The molecule has 0 aliphatic carbocycles.